The predicted octanol–water partition coefficient (Wildman–Crippen LogP) is 3.50. The van der Waals surface area contributed by atoms with Crippen molar-refractivity contribution in [1.29, 1.82) is 0 Å². The first-order chi connectivity index (χ1) is 11.5. The first-order valence-electron chi connectivity index (χ1n) is 7.82. The van der Waals surface area contributed by atoms with Crippen molar-refractivity contribution in [2.75, 3.05) is 5.32 Å². The molecule has 1 aliphatic rings. The number of nitrogens with one attached hydrogen (secondary N) is 1. The van der Waals surface area contributed by atoms with E-state index in [1.165, 1.54) is 29.3 Å². The van der Waals surface area contributed by atoms with Crippen LogP contribution in [0.1, 0.15) is 29.0 Å². The molecule has 124 valence electrons. The molecule has 1 amide bonds. The van der Waals surface area contributed by atoms with Gasteiger partial charge in [-0.25, -0.2) is 4.39 Å². The summed E-state index contributed by atoms with van der Waals surface area (Å²) in [5.74, 6) is -1.74. The molecule has 2 aromatic rings. The first kappa shape index (κ1) is 16.2. The fraction of sp³-hybridized carbons (Fsp3) is 0.263. The highest BCUT2D eigenvalue weighted by atomic mass is 19.1. The van der Waals surface area contributed by atoms with Gasteiger partial charge in [0.1, 0.15) is 5.82 Å². The zero-order chi connectivity index (χ0) is 17.3. The standard InChI is InChI=1S/C19H18FNO3/c1-11-4-2-3-5-14(11)15-10-16(15)19(24)21-13-7-6-12(8-18(22)23)17(20)9-13/h2-7,9,15-16H,8,10H2,1H3,(H,21,24)(H,22,23). The number of amides is 1. The van der Waals surface area contributed by atoms with Crippen molar-refractivity contribution in [2.45, 2.75) is 25.7 Å². The maximum absolute atomic E-state index is 13.9. The second kappa shape index (κ2) is 6.43. The van der Waals surface area contributed by atoms with Crippen LogP contribution in [0.15, 0.2) is 42.5 Å². The van der Waals surface area contributed by atoms with Gasteiger partial charge >= 0.3 is 5.97 Å². The van der Waals surface area contributed by atoms with Crippen LogP contribution in [0, 0.1) is 18.7 Å². The molecule has 2 atom stereocenters. The van der Waals surface area contributed by atoms with E-state index in [1.54, 1.807) is 0 Å². The number of rotatable bonds is 5. The minimum atomic E-state index is -1.09. The number of carboxylic acid groups (broad SMARTS) is 1. The van der Waals surface area contributed by atoms with E-state index in [4.69, 9.17) is 5.11 Å². The van der Waals surface area contributed by atoms with Crippen molar-refractivity contribution in [3.63, 3.8) is 0 Å². The SMILES string of the molecule is Cc1ccccc1C1CC1C(=O)Nc1ccc(CC(=O)O)c(F)c1. The highest BCUT2D eigenvalue weighted by molar-refractivity contribution is 5.95. The van der Waals surface area contributed by atoms with Gasteiger partial charge in [0.25, 0.3) is 0 Å². The smallest absolute Gasteiger partial charge is 0.307 e. The van der Waals surface area contributed by atoms with Gasteiger partial charge in [0.05, 0.1) is 6.42 Å². The average Bonchev–Trinajstić information content (AvgIpc) is 3.30. The highest BCUT2D eigenvalue weighted by Gasteiger charge is 2.44. The Morgan fingerprint density at radius 2 is 2.00 bits per heavy atom. The van der Waals surface area contributed by atoms with E-state index in [0.717, 1.165) is 6.42 Å². The molecule has 0 saturated heterocycles. The monoisotopic (exact) mass is 327 g/mol. The molecule has 2 unspecified atom stereocenters. The van der Waals surface area contributed by atoms with E-state index < -0.39 is 11.8 Å². The van der Waals surface area contributed by atoms with Crippen LogP contribution >= 0.6 is 0 Å². The number of hydrogen-bond donors (Lipinski definition) is 2. The molecule has 5 heteroatoms. The molecular weight excluding hydrogens is 309 g/mol. The van der Waals surface area contributed by atoms with E-state index in [9.17, 15) is 14.0 Å². The third-order valence-corrected chi connectivity index (χ3v) is 4.38. The third kappa shape index (κ3) is 3.45. The van der Waals surface area contributed by atoms with Crippen molar-refractivity contribution in [2.24, 2.45) is 5.92 Å². The number of carboxylic acids is 1. The summed E-state index contributed by atoms with van der Waals surface area (Å²) in [6, 6.07) is 12.1. The molecule has 1 saturated carbocycles. The summed E-state index contributed by atoms with van der Waals surface area (Å²) in [4.78, 5) is 23.0. The van der Waals surface area contributed by atoms with Gasteiger partial charge in [-0.1, -0.05) is 30.3 Å². The van der Waals surface area contributed by atoms with E-state index in [0.29, 0.717) is 5.69 Å². The minimum Gasteiger partial charge on any atom is -0.481 e. The lowest BCUT2D eigenvalue weighted by Crippen LogP contribution is -2.15. The van der Waals surface area contributed by atoms with E-state index >= 15 is 0 Å². The number of hydrogen-bond acceptors (Lipinski definition) is 2. The molecule has 0 radical (unpaired) electrons. The van der Waals surface area contributed by atoms with Crippen molar-refractivity contribution < 1.29 is 19.1 Å². The second-order valence-electron chi connectivity index (χ2n) is 6.17. The molecule has 1 fully saturated rings. The predicted molar refractivity (Wildman–Crippen MR) is 88.4 cm³/mol. The number of halogens is 1. The summed E-state index contributed by atoms with van der Waals surface area (Å²) < 4.78 is 13.9. The second-order valence-corrected chi connectivity index (χ2v) is 6.17. The van der Waals surface area contributed by atoms with Crippen molar-refractivity contribution in [3.05, 3.63) is 65.0 Å². The lowest BCUT2D eigenvalue weighted by molar-refractivity contribution is -0.136. The Kier molecular flexibility index (Phi) is 4.34. The molecule has 1 aliphatic carbocycles. The molecule has 2 N–H and O–H groups in total. The molecule has 0 bridgehead atoms. The van der Waals surface area contributed by atoms with Crippen LogP contribution in [0.25, 0.3) is 0 Å². The quantitative estimate of drug-likeness (QED) is 0.883. The van der Waals surface area contributed by atoms with E-state index in [1.807, 2.05) is 31.2 Å². The Morgan fingerprint density at radius 1 is 1.25 bits per heavy atom. The Bertz CT molecular complexity index is 803. The van der Waals surface area contributed by atoms with E-state index in [2.05, 4.69) is 5.32 Å². The number of carbonyl (C=O) groups excluding carboxylic acids is 1. The number of carbonyl (C=O) groups is 2. The first-order valence-corrected chi connectivity index (χ1v) is 7.82. The highest BCUT2D eigenvalue weighted by Crippen LogP contribution is 2.48. The van der Waals surface area contributed by atoms with Gasteiger partial charge < -0.3 is 10.4 Å². The Morgan fingerprint density at radius 3 is 2.67 bits per heavy atom. The van der Waals surface area contributed by atoms with E-state index in [-0.39, 0.29) is 29.7 Å². The number of aliphatic carboxylic acids is 1. The van der Waals surface area contributed by atoms with Crippen LogP contribution in [0.2, 0.25) is 0 Å². The van der Waals surface area contributed by atoms with Crippen LogP contribution in [0.3, 0.4) is 0 Å². The molecule has 0 spiro atoms. The fourth-order valence-electron chi connectivity index (χ4n) is 3.00. The van der Waals surface area contributed by atoms with Gasteiger partial charge in [0.2, 0.25) is 5.91 Å². The van der Waals surface area contributed by atoms with Gasteiger partial charge in [0, 0.05) is 11.6 Å². The summed E-state index contributed by atoms with van der Waals surface area (Å²) in [7, 11) is 0. The molecule has 2 aromatic carbocycles. The van der Waals surface area contributed by atoms with Crippen LogP contribution in [-0.4, -0.2) is 17.0 Å². The van der Waals surface area contributed by atoms with Crippen molar-refractivity contribution in [3.8, 4) is 0 Å². The number of aryl methyl sites for hydroxylation is 1. The van der Waals surface area contributed by atoms with Crippen molar-refractivity contribution in [1.82, 2.24) is 0 Å². The Balaban J connectivity index is 1.65. The third-order valence-electron chi connectivity index (χ3n) is 4.38. The van der Waals surface area contributed by atoms with Gasteiger partial charge in [-0.15, -0.1) is 0 Å². The summed E-state index contributed by atoms with van der Waals surface area (Å²) in [6.45, 7) is 2.03. The maximum Gasteiger partial charge on any atom is 0.307 e. The minimum absolute atomic E-state index is 0.102. The fourth-order valence-corrected chi connectivity index (χ4v) is 3.00. The van der Waals surface area contributed by atoms with Gasteiger partial charge in [-0.05, 0) is 48.1 Å². The molecule has 24 heavy (non-hydrogen) atoms. The molecule has 0 heterocycles. The summed E-state index contributed by atoms with van der Waals surface area (Å²) in [5, 5.41) is 11.4. The zero-order valence-electron chi connectivity index (χ0n) is 13.3. The Labute approximate surface area is 139 Å². The molecule has 0 aliphatic heterocycles. The number of benzene rings is 2. The van der Waals surface area contributed by atoms with Crippen LogP contribution in [0.5, 0.6) is 0 Å². The summed E-state index contributed by atoms with van der Waals surface area (Å²) in [5.41, 5.74) is 2.80. The van der Waals surface area contributed by atoms with Gasteiger partial charge in [0.15, 0.2) is 0 Å². The Hall–Kier alpha value is -2.69. The van der Waals surface area contributed by atoms with Crippen LogP contribution < -0.4 is 5.32 Å². The van der Waals surface area contributed by atoms with Gasteiger partial charge in [-0.2, -0.15) is 0 Å². The molecule has 0 aromatic heterocycles. The molecule has 3 rings (SSSR count). The maximum atomic E-state index is 13.9. The lowest BCUT2D eigenvalue weighted by atomic mass is 10.0. The van der Waals surface area contributed by atoms with Crippen LogP contribution in [-0.2, 0) is 16.0 Å². The van der Waals surface area contributed by atoms with Gasteiger partial charge in [-0.3, -0.25) is 9.59 Å². The number of anilines is 1. The normalized spacial score (nSPS) is 18.9. The van der Waals surface area contributed by atoms with Crippen molar-refractivity contribution >= 4 is 17.6 Å². The summed E-state index contributed by atoms with van der Waals surface area (Å²) >= 11 is 0. The summed E-state index contributed by atoms with van der Waals surface area (Å²) in [6.07, 6.45) is 0.411. The molecule has 4 nitrogen and oxygen atoms in total. The topological polar surface area (TPSA) is 66.4 Å². The molecular formula is C19H18FNO3. The lowest BCUT2D eigenvalue weighted by Gasteiger charge is -2.08. The zero-order valence-corrected chi connectivity index (χ0v) is 13.3. The largest absolute Gasteiger partial charge is 0.481 e. The van der Waals surface area contributed by atoms with Crippen LogP contribution in [0.4, 0.5) is 10.1 Å². The average molecular weight is 327 g/mol.